The van der Waals surface area contributed by atoms with Crippen LogP contribution in [0.25, 0.3) is 0 Å². The molecule has 3 rings (SSSR count). The monoisotopic (exact) mass is 317 g/mol. The maximum Gasteiger partial charge on any atom is 0.257 e. The number of rotatable bonds is 3. The van der Waals surface area contributed by atoms with Crippen LogP contribution >= 0.6 is 0 Å². The number of anilines is 1. The van der Waals surface area contributed by atoms with Crippen molar-refractivity contribution in [3.63, 3.8) is 0 Å². The lowest BCUT2D eigenvalue weighted by molar-refractivity contribution is -0.0443. The predicted molar refractivity (Wildman–Crippen MR) is 90.9 cm³/mol. The first-order chi connectivity index (χ1) is 11.1. The number of amides is 1. The number of ether oxygens (including phenoxy) is 1. The maximum absolute atomic E-state index is 12.9. The fourth-order valence-corrected chi connectivity index (χ4v) is 3.41. The van der Waals surface area contributed by atoms with Crippen LogP contribution in [-0.4, -0.2) is 54.2 Å². The molecule has 0 saturated carbocycles. The molecule has 0 N–H and O–H groups in total. The molecule has 0 aromatic carbocycles. The number of hydrogen-bond acceptors (Lipinski definition) is 4. The Hall–Kier alpha value is -1.62. The Morgan fingerprint density at radius 1 is 1.30 bits per heavy atom. The van der Waals surface area contributed by atoms with Crippen LogP contribution < -0.4 is 4.90 Å². The van der Waals surface area contributed by atoms with Crippen molar-refractivity contribution in [2.75, 3.05) is 37.7 Å². The van der Waals surface area contributed by atoms with E-state index >= 15 is 0 Å². The summed E-state index contributed by atoms with van der Waals surface area (Å²) < 4.78 is 5.92. The van der Waals surface area contributed by atoms with Gasteiger partial charge in [-0.05, 0) is 44.7 Å². The quantitative estimate of drug-likeness (QED) is 0.860. The average molecular weight is 317 g/mol. The van der Waals surface area contributed by atoms with Crippen molar-refractivity contribution < 1.29 is 9.53 Å². The zero-order valence-electron chi connectivity index (χ0n) is 14.3. The number of pyridine rings is 1. The molecule has 2 aliphatic rings. The smallest absolute Gasteiger partial charge is 0.257 e. The van der Waals surface area contributed by atoms with Crippen molar-refractivity contribution in [3.05, 3.63) is 23.9 Å². The van der Waals surface area contributed by atoms with Gasteiger partial charge in [-0.3, -0.25) is 4.79 Å². The topological polar surface area (TPSA) is 45.7 Å². The van der Waals surface area contributed by atoms with Crippen LogP contribution in [0.2, 0.25) is 0 Å². The first kappa shape index (κ1) is 16.2. The summed E-state index contributed by atoms with van der Waals surface area (Å²) >= 11 is 0. The van der Waals surface area contributed by atoms with Gasteiger partial charge in [0.1, 0.15) is 5.82 Å². The summed E-state index contributed by atoms with van der Waals surface area (Å²) in [5, 5.41) is 0. The van der Waals surface area contributed by atoms with E-state index in [2.05, 4.69) is 23.7 Å². The summed E-state index contributed by atoms with van der Waals surface area (Å²) in [6, 6.07) is 3.78. The third kappa shape index (κ3) is 3.50. The second-order valence-corrected chi connectivity index (χ2v) is 6.80. The van der Waals surface area contributed by atoms with E-state index in [1.807, 2.05) is 17.0 Å². The summed E-state index contributed by atoms with van der Waals surface area (Å²) in [4.78, 5) is 21.7. The molecule has 2 saturated heterocycles. The third-order valence-corrected chi connectivity index (χ3v) is 5.04. The molecule has 1 aromatic rings. The minimum atomic E-state index is -0.165. The highest BCUT2D eigenvalue weighted by molar-refractivity contribution is 5.99. The van der Waals surface area contributed by atoms with E-state index in [9.17, 15) is 4.79 Å². The molecule has 5 heteroatoms. The van der Waals surface area contributed by atoms with Crippen LogP contribution in [0.5, 0.6) is 0 Å². The number of aromatic nitrogens is 1. The van der Waals surface area contributed by atoms with E-state index in [1.165, 1.54) is 6.42 Å². The van der Waals surface area contributed by atoms with Gasteiger partial charge in [0.25, 0.3) is 5.91 Å². The Balaban J connectivity index is 1.84. The number of carbonyl (C=O) groups is 1. The van der Waals surface area contributed by atoms with Crippen molar-refractivity contribution in [1.82, 2.24) is 9.88 Å². The number of carbonyl (C=O) groups excluding carboxylic acids is 1. The summed E-state index contributed by atoms with van der Waals surface area (Å²) in [5.41, 5.74) is 0.566. The lowest BCUT2D eigenvalue weighted by atomic mass is 10.0. The highest BCUT2D eigenvalue weighted by atomic mass is 16.5. The molecular formula is C18H27N3O2. The number of piperidine rings is 1. The first-order valence-corrected chi connectivity index (χ1v) is 8.76. The van der Waals surface area contributed by atoms with Crippen LogP contribution in [0.4, 0.5) is 5.82 Å². The molecule has 1 amide bonds. The summed E-state index contributed by atoms with van der Waals surface area (Å²) in [6.07, 6.45) is 6.16. The average Bonchev–Trinajstić information content (AvgIpc) is 2.62. The largest absolute Gasteiger partial charge is 0.372 e. The highest BCUT2D eigenvalue weighted by Gasteiger charge is 2.33. The second kappa shape index (κ2) is 6.87. The molecule has 5 nitrogen and oxygen atoms in total. The standard InChI is InChI=1S/C18H27N3O2/c1-3-18(2)14-21(12-13-23-18)16-15(8-7-9-19-16)17(22)20-10-5-4-6-11-20/h7-9H,3-6,10-14H2,1-2H3. The van der Waals surface area contributed by atoms with Gasteiger partial charge in [-0.1, -0.05) is 6.92 Å². The van der Waals surface area contributed by atoms with Crippen molar-refractivity contribution in [2.45, 2.75) is 45.1 Å². The highest BCUT2D eigenvalue weighted by Crippen LogP contribution is 2.27. The lowest BCUT2D eigenvalue weighted by Crippen LogP contribution is -2.50. The van der Waals surface area contributed by atoms with E-state index in [-0.39, 0.29) is 11.5 Å². The fraction of sp³-hybridized carbons (Fsp3) is 0.667. The van der Waals surface area contributed by atoms with E-state index < -0.39 is 0 Å². The number of nitrogens with zero attached hydrogens (tertiary/aromatic N) is 3. The molecule has 0 spiro atoms. The Kier molecular flexibility index (Phi) is 4.85. The Bertz CT molecular complexity index is 557. The van der Waals surface area contributed by atoms with Gasteiger partial charge in [0.2, 0.25) is 0 Å². The van der Waals surface area contributed by atoms with Crippen molar-refractivity contribution in [2.24, 2.45) is 0 Å². The molecule has 126 valence electrons. The first-order valence-electron chi connectivity index (χ1n) is 8.76. The summed E-state index contributed by atoms with van der Waals surface area (Å²) in [5.74, 6) is 0.934. The molecular weight excluding hydrogens is 290 g/mol. The lowest BCUT2D eigenvalue weighted by Gasteiger charge is -2.41. The SMILES string of the molecule is CCC1(C)CN(c2ncccc2C(=O)N2CCCCC2)CCO1. The van der Waals surface area contributed by atoms with Gasteiger partial charge < -0.3 is 14.5 Å². The van der Waals surface area contributed by atoms with E-state index in [0.29, 0.717) is 6.61 Å². The van der Waals surface area contributed by atoms with E-state index in [4.69, 9.17) is 4.74 Å². The van der Waals surface area contributed by atoms with Crippen LogP contribution in [0.1, 0.15) is 49.9 Å². The zero-order valence-corrected chi connectivity index (χ0v) is 14.3. The molecule has 0 radical (unpaired) electrons. The van der Waals surface area contributed by atoms with Gasteiger partial charge in [-0.15, -0.1) is 0 Å². The van der Waals surface area contributed by atoms with Crippen LogP contribution in [0.15, 0.2) is 18.3 Å². The van der Waals surface area contributed by atoms with Crippen LogP contribution in [0, 0.1) is 0 Å². The summed E-state index contributed by atoms with van der Waals surface area (Å²) in [6.45, 7) is 8.24. The Labute approximate surface area is 138 Å². The molecule has 1 atom stereocenters. The van der Waals surface area contributed by atoms with Gasteiger partial charge in [0.15, 0.2) is 0 Å². The zero-order chi connectivity index (χ0) is 16.3. The Morgan fingerprint density at radius 3 is 2.83 bits per heavy atom. The van der Waals surface area contributed by atoms with Gasteiger partial charge in [-0.2, -0.15) is 0 Å². The fourth-order valence-electron chi connectivity index (χ4n) is 3.41. The van der Waals surface area contributed by atoms with Gasteiger partial charge in [0.05, 0.1) is 17.8 Å². The van der Waals surface area contributed by atoms with Crippen LogP contribution in [-0.2, 0) is 4.74 Å². The van der Waals surface area contributed by atoms with Crippen molar-refractivity contribution in [3.8, 4) is 0 Å². The number of hydrogen-bond donors (Lipinski definition) is 0. The minimum Gasteiger partial charge on any atom is -0.372 e. The van der Waals surface area contributed by atoms with E-state index in [0.717, 1.165) is 56.8 Å². The molecule has 2 fully saturated rings. The molecule has 0 aliphatic carbocycles. The predicted octanol–water partition coefficient (Wildman–Crippen LogP) is 2.71. The summed E-state index contributed by atoms with van der Waals surface area (Å²) in [7, 11) is 0. The van der Waals surface area contributed by atoms with Crippen molar-refractivity contribution in [1.29, 1.82) is 0 Å². The van der Waals surface area contributed by atoms with Crippen molar-refractivity contribution >= 4 is 11.7 Å². The molecule has 2 aliphatic heterocycles. The molecule has 1 unspecified atom stereocenters. The van der Waals surface area contributed by atoms with Crippen LogP contribution in [0.3, 0.4) is 0 Å². The molecule has 23 heavy (non-hydrogen) atoms. The Morgan fingerprint density at radius 2 is 2.09 bits per heavy atom. The number of morpholine rings is 1. The normalized spacial score (nSPS) is 25.5. The maximum atomic E-state index is 12.9. The van der Waals surface area contributed by atoms with E-state index in [1.54, 1.807) is 6.20 Å². The number of likely N-dealkylation sites (tertiary alicyclic amines) is 1. The van der Waals surface area contributed by atoms with Gasteiger partial charge in [0, 0.05) is 32.4 Å². The molecule has 1 aromatic heterocycles. The van der Waals surface area contributed by atoms with Gasteiger partial charge in [-0.25, -0.2) is 4.98 Å². The molecule has 0 bridgehead atoms. The second-order valence-electron chi connectivity index (χ2n) is 6.80. The molecule has 3 heterocycles. The third-order valence-electron chi connectivity index (χ3n) is 5.04. The minimum absolute atomic E-state index is 0.123. The van der Waals surface area contributed by atoms with Gasteiger partial charge >= 0.3 is 0 Å².